The maximum atomic E-state index is 14.6. The largest absolute Gasteiger partial charge is 0.497 e. The molecule has 0 radical (unpaired) electrons. The number of rotatable bonds is 15. The van der Waals surface area contributed by atoms with Crippen molar-refractivity contribution in [2.24, 2.45) is 5.92 Å². The molecule has 0 bridgehead atoms. The first-order chi connectivity index (χ1) is 29.0. The zero-order valence-corrected chi connectivity index (χ0v) is 35.0. The number of hydrogen-bond donors (Lipinski definition) is 4. The Morgan fingerprint density at radius 3 is 2.30 bits per heavy atom. The van der Waals surface area contributed by atoms with Crippen molar-refractivity contribution in [1.29, 1.82) is 0 Å². The first-order valence-electron chi connectivity index (χ1n) is 19.4. The molecule has 0 spiro atoms. The lowest BCUT2D eigenvalue weighted by Gasteiger charge is -2.30. The Kier molecular flexibility index (Phi) is 12.8. The highest BCUT2D eigenvalue weighted by molar-refractivity contribution is 7.90. The number of amides is 5. The van der Waals surface area contributed by atoms with Crippen molar-refractivity contribution in [3.05, 3.63) is 110 Å². The quantitative estimate of drug-likeness (QED) is 0.0991. The normalized spacial score (nSPS) is 20.1. The lowest BCUT2D eigenvalue weighted by atomic mass is 10.1. The summed E-state index contributed by atoms with van der Waals surface area (Å²) < 4.78 is 46.0. The van der Waals surface area contributed by atoms with E-state index in [1.165, 1.54) is 42.4 Å². The van der Waals surface area contributed by atoms with Crippen LogP contribution in [0.2, 0.25) is 0 Å². The van der Waals surface area contributed by atoms with E-state index >= 15 is 0 Å². The number of ether oxygens (including phenoxy) is 3. The molecule has 1 saturated heterocycles. The molecule has 4 aromatic rings. The van der Waals surface area contributed by atoms with Crippen LogP contribution in [0.4, 0.5) is 4.79 Å². The number of fused-ring (bicyclic) bond motifs is 1. The minimum Gasteiger partial charge on any atom is -0.497 e. The Hall–Kier alpha value is -6.75. The summed E-state index contributed by atoms with van der Waals surface area (Å²) in [5.74, 6) is -2.88. The molecular weight excluding hydrogens is 805 g/mol. The fourth-order valence-electron chi connectivity index (χ4n) is 7.05. The molecule has 320 valence electrons. The summed E-state index contributed by atoms with van der Waals surface area (Å²) in [7, 11) is -2.79. The van der Waals surface area contributed by atoms with Gasteiger partial charge in [0.25, 0.3) is 15.9 Å². The molecule has 1 saturated carbocycles. The van der Waals surface area contributed by atoms with E-state index in [2.05, 4.69) is 33.8 Å². The molecule has 6 rings (SSSR count). The van der Waals surface area contributed by atoms with Crippen LogP contribution in [0, 0.1) is 5.92 Å². The number of nitrogens with zero attached hydrogens (tertiary/aromatic N) is 2. The summed E-state index contributed by atoms with van der Waals surface area (Å²) in [6.07, 6.45) is 0.561. The minimum atomic E-state index is -4.33. The van der Waals surface area contributed by atoms with Gasteiger partial charge in [0.2, 0.25) is 17.7 Å². The molecule has 1 aliphatic carbocycles. The molecule has 2 heterocycles. The van der Waals surface area contributed by atoms with Crippen LogP contribution in [0.25, 0.3) is 22.2 Å². The Bertz CT molecular complexity index is 2460. The first kappa shape index (κ1) is 43.8. The lowest BCUT2D eigenvalue weighted by molar-refractivity contribution is -0.141. The summed E-state index contributed by atoms with van der Waals surface area (Å²) in [6.45, 7) is 11.5. The van der Waals surface area contributed by atoms with Crippen LogP contribution in [-0.4, -0.2) is 97.6 Å². The van der Waals surface area contributed by atoms with Gasteiger partial charge in [0.05, 0.1) is 29.8 Å². The molecule has 17 heteroatoms. The van der Waals surface area contributed by atoms with Gasteiger partial charge in [-0.1, -0.05) is 61.2 Å². The van der Waals surface area contributed by atoms with E-state index < -0.39 is 81.5 Å². The molecule has 16 nitrogen and oxygen atoms in total. The average molecular weight is 853 g/mol. The number of carbonyl (C=O) groups excluding carboxylic acids is 5. The highest BCUT2D eigenvalue weighted by atomic mass is 32.2. The number of methoxy groups -OCH3 is 1. The molecule has 5 amide bonds. The zero-order chi connectivity index (χ0) is 44.1. The van der Waals surface area contributed by atoms with E-state index in [4.69, 9.17) is 19.2 Å². The van der Waals surface area contributed by atoms with Gasteiger partial charge in [-0.05, 0) is 57.5 Å². The monoisotopic (exact) mass is 852 g/mol. The second-order valence-electron chi connectivity index (χ2n) is 15.6. The van der Waals surface area contributed by atoms with Gasteiger partial charge in [-0.25, -0.2) is 22.9 Å². The molecule has 1 aromatic heterocycles. The third kappa shape index (κ3) is 10.2. The fourth-order valence-corrected chi connectivity index (χ4v) is 8.11. The molecule has 5 atom stereocenters. The van der Waals surface area contributed by atoms with Crippen LogP contribution in [0.1, 0.15) is 33.6 Å². The smallest absolute Gasteiger partial charge is 0.408 e. The standard InChI is InChI=1S/C44H48N6O10S/c1-7-28-24-44(28,41(54)49-61(56,57)31-17-13-10-14-18-31)48-39(52)36-22-30(26-50(36)40(53)35(25-45-38(51)8-2)47-42(55)60-43(3,4)5)59-37-23-33(27-15-11-9-12-16-27)46-34-21-29(58-6)19-20-32(34)37/h7-21,23,28,30,35-36H,1-2,22,24-26H2,3-6H3,(H,45,51)(H,47,55)(H,48,52)(H,49,54)/t28?,30-,35?,36+,44-/m1/s1. The molecule has 2 fully saturated rings. The molecule has 4 N–H and O–H groups in total. The van der Waals surface area contributed by atoms with Crippen LogP contribution in [0.5, 0.6) is 11.5 Å². The summed E-state index contributed by atoms with van der Waals surface area (Å²) in [5.41, 5.74) is -0.723. The molecule has 1 aliphatic heterocycles. The third-order valence-corrected chi connectivity index (χ3v) is 11.5. The number of alkyl carbamates (subject to hydrolysis) is 1. The van der Waals surface area contributed by atoms with Crippen LogP contribution >= 0.6 is 0 Å². The molecule has 2 unspecified atom stereocenters. The zero-order valence-electron chi connectivity index (χ0n) is 34.2. The van der Waals surface area contributed by atoms with Crippen LogP contribution in [0.3, 0.4) is 0 Å². The number of aromatic nitrogens is 1. The summed E-state index contributed by atoms with van der Waals surface area (Å²) >= 11 is 0. The summed E-state index contributed by atoms with van der Waals surface area (Å²) in [5, 5.41) is 8.39. The number of sulfonamides is 1. The number of carbonyl (C=O) groups is 5. The third-order valence-electron chi connectivity index (χ3n) is 10.2. The number of likely N-dealkylation sites (tertiary alicyclic amines) is 1. The van der Waals surface area contributed by atoms with Crippen molar-refractivity contribution < 1.29 is 46.6 Å². The Morgan fingerprint density at radius 2 is 1.67 bits per heavy atom. The maximum Gasteiger partial charge on any atom is 0.408 e. The van der Waals surface area contributed by atoms with Crippen molar-refractivity contribution >= 4 is 50.6 Å². The lowest BCUT2D eigenvalue weighted by Crippen LogP contribution is -2.59. The van der Waals surface area contributed by atoms with Gasteiger partial charge in [0, 0.05) is 42.0 Å². The second-order valence-corrected chi connectivity index (χ2v) is 17.3. The predicted octanol–water partition coefficient (Wildman–Crippen LogP) is 4.02. The Labute approximate surface area is 353 Å². The van der Waals surface area contributed by atoms with E-state index in [0.29, 0.717) is 28.1 Å². The van der Waals surface area contributed by atoms with Crippen molar-refractivity contribution in [1.82, 2.24) is 30.6 Å². The Balaban J connectivity index is 1.35. The van der Waals surface area contributed by atoms with Gasteiger partial charge >= 0.3 is 6.09 Å². The van der Waals surface area contributed by atoms with Crippen molar-refractivity contribution in [2.45, 2.75) is 67.8 Å². The van der Waals surface area contributed by atoms with E-state index in [9.17, 15) is 32.4 Å². The van der Waals surface area contributed by atoms with Crippen LogP contribution in [-0.2, 0) is 33.9 Å². The molecule has 2 aliphatic rings. The van der Waals surface area contributed by atoms with E-state index in [1.807, 2.05) is 30.3 Å². The van der Waals surface area contributed by atoms with E-state index in [1.54, 1.807) is 51.1 Å². The summed E-state index contributed by atoms with van der Waals surface area (Å²) in [6, 6.07) is 21.0. The fraction of sp³-hybridized carbons (Fsp3) is 0.318. The van der Waals surface area contributed by atoms with E-state index in [-0.39, 0.29) is 24.3 Å². The first-order valence-corrected chi connectivity index (χ1v) is 20.9. The van der Waals surface area contributed by atoms with Crippen molar-refractivity contribution in [3.63, 3.8) is 0 Å². The summed E-state index contributed by atoms with van der Waals surface area (Å²) in [4.78, 5) is 74.2. The van der Waals surface area contributed by atoms with Crippen LogP contribution in [0.15, 0.2) is 115 Å². The predicted molar refractivity (Wildman–Crippen MR) is 226 cm³/mol. The van der Waals surface area contributed by atoms with Crippen molar-refractivity contribution in [3.8, 4) is 22.8 Å². The Morgan fingerprint density at radius 1 is 0.984 bits per heavy atom. The minimum absolute atomic E-state index is 0.0319. The topological polar surface area (TPSA) is 211 Å². The average Bonchev–Trinajstić information content (AvgIpc) is 3.80. The van der Waals surface area contributed by atoms with Gasteiger partial charge in [-0.2, -0.15) is 0 Å². The van der Waals surface area contributed by atoms with Crippen LogP contribution < -0.4 is 30.1 Å². The maximum absolute atomic E-state index is 14.6. The van der Waals surface area contributed by atoms with Gasteiger partial charge in [0.15, 0.2) is 0 Å². The number of pyridine rings is 1. The van der Waals surface area contributed by atoms with Gasteiger partial charge in [-0.3, -0.25) is 19.2 Å². The number of benzene rings is 3. The molecule has 3 aromatic carbocycles. The van der Waals surface area contributed by atoms with Gasteiger partial charge in [0.1, 0.15) is 40.8 Å². The van der Waals surface area contributed by atoms with Gasteiger partial charge in [-0.15, -0.1) is 6.58 Å². The SMILES string of the molecule is C=CC(=O)NCC(NC(=O)OC(C)(C)C)C(=O)N1C[C@H](Oc2cc(-c3ccccc3)nc3cc(OC)ccc23)C[C@H]1C(=O)N[C@]1(C(=O)NS(=O)(=O)c2ccccc2)CC1C=C. The number of nitrogens with one attached hydrogen (secondary N) is 4. The highest BCUT2D eigenvalue weighted by Crippen LogP contribution is 2.45. The number of hydrogen-bond acceptors (Lipinski definition) is 11. The molecular formula is C44H48N6O10S. The van der Waals surface area contributed by atoms with E-state index in [0.717, 1.165) is 11.6 Å². The van der Waals surface area contributed by atoms with Gasteiger partial charge < -0.3 is 35.1 Å². The van der Waals surface area contributed by atoms with Crippen molar-refractivity contribution in [2.75, 3.05) is 20.2 Å². The second kappa shape index (κ2) is 17.8. The molecule has 61 heavy (non-hydrogen) atoms. The highest BCUT2D eigenvalue weighted by Gasteiger charge is 2.61.